The molecule has 1 saturated heterocycles. The van der Waals surface area contributed by atoms with Gasteiger partial charge in [-0.05, 0) is 67.6 Å². The zero-order valence-corrected chi connectivity index (χ0v) is 19.4. The van der Waals surface area contributed by atoms with Gasteiger partial charge in [0.15, 0.2) is 5.17 Å². The topological polar surface area (TPSA) is 41.9 Å². The van der Waals surface area contributed by atoms with Crippen LogP contribution in [0.2, 0.25) is 5.02 Å². The Hall–Kier alpha value is -3.02. The summed E-state index contributed by atoms with van der Waals surface area (Å²) >= 11 is 7.59. The van der Waals surface area contributed by atoms with Gasteiger partial charge in [0.25, 0.3) is 5.91 Å². The first kappa shape index (κ1) is 22.2. The fourth-order valence-electron chi connectivity index (χ4n) is 3.22. The highest BCUT2D eigenvalue weighted by atomic mass is 35.5. The number of rotatable bonds is 6. The Balaban J connectivity index is 1.50. The fraction of sp³-hybridized carbons (Fsp3) is 0.154. The standard InChI is InChI=1S/C26H23ClN2O2S/c1-18(2)29-25(30)24(32-26(29)28-21-9-4-3-5-10-21)16-19-12-14-22(15-13-19)31-17-20-8-6-7-11-23(20)27/h3-16,18H,17H2,1-2H3/b24-16+,28-26?. The van der Waals surface area contributed by atoms with Crippen LogP contribution in [0.4, 0.5) is 5.69 Å². The van der Waals surface area contributed by atoms with Crippen molar-refractivity contribution in [2.24, 2.45) is 4.99 Å². The first-order valence-corrected chi connectivity index (χ1v) is 11.5. The third kappa shape index (κ3) is 5.23. The van der Waals surface area contributed by atoms with Gasteiger partial charge < -0.3 is 4.74 Å². The van der Waals surface area contributed by atoms with Crippen LogP contribution >= 0.6 is 23.4 Å². The van der Waals surface area contributed by atoms with Gasteiger partial charge in [-0.1, -0.05) is 60.1 Å². The van der Waals surface area contributed by atoms with E-state index in [0.29, 0.717) is 21.7 Å². The number of hydrogen-bond acceptors (Lipinski definition) is 4. The number of ether oxygens (including phenoxy) is 1. The summed E-state index contributed by atoms with van der Waals surface area (Å²) in [6, 6.07) is 25.0. The van der Waals surface area contributed by atoms with Crippen molar-refractivity contribution in [3.63, 3.8) is 0 Å². The summed E-state index contributed by atoms with van der Waals surface area (Å²) in [5, 5.41) is 1.38. The van der Waals surface area contributed by atoms with Crippen molar-refractivity contribution in [3.05, 3.63) is 99.9 Å². The number of hydrogen-bond donors (Lipinski definition) is 0. The van der Waals surface area contributed by atoms with E-state index in [1.807, 2.05) is 98.8 Å². The van der Waals surface area contributed by atoms with Gasteiger partial charge in [0.1, 0.15) is 12.4 Å². The normalized spacial score (nSPS) is 16.4. The Morgan fingerprint density at radius 2 is 1.69 bits per heavy atom. The van der Waals surface area contributed by atoms with E-state index in [1.54, 1.807) is 4.90 Å². The molecule has 162 valence electrons. The Labute approximate surface area is 197 Å². The molecule has 0 aromatic heterocycles. The van der Waals surface area contributed by atoms with Gasteiger partial charge in [0.05, 0.1) is 10.6 Å². The van der Waals surface area contributed by atoms with E-state index in [2.05, 4.69) is 0 Å². The van der Waals surface area contributed by atoms with E-state index in [9.17, 15) is 4.79 Å². The molecule has 0 radical (unpaired) electrons. The predicted octanol–water partition coefficient (Wildman–Crippen LogP) is 6.93. The van der Waals surface area contributed by atoms with Crippen molar-refractivity contribution in [1.82, 2.24) is 4.90 Å². The monoisotopic (exact) mass is 462 g/mol. The first-order chi connectivity index (χ1) is 15.5. The quantitative estimate of drug-likeness (QED) is 0.373. The van der Waals surface area contributed by atoms with Crippen molar-refractivity contribution in [2.45, 2.75) is 26.5 Å². The Morgan fingerprint density at radius 1 is 1.00 bits per heavy atom. The van der Waals surface area contributed by atoms with Gasteiger partial charge >= 0.3 is 0 Å². The summed E-state index contributed by atoms with van der Waals surface area (Å²) in [5.41, 5.74) is 2.69. The Bertz CT molecular complexity index is 1160. The summed E-state index contributed by atoms with van der Waals surface area (Å²) in [6.07, 6.45) is 1.90. The molecule has 4 rings (SSSR count). The summed E-state index contributed by atoms with van der Waals surface area (Å²) in [4.78, 5) is 20.1. The number of halogens is 1. The number of aliphatic imine (C=N–C) groups is 1. The Morgan fingerprint density at radius 3 is 2.38 bits per heavy atom. The van der Waals surface area contributed by atoms with Gasteiger partial charge in [0, 0.05) is 16.6 Å². The summed E-state index contributed by atoms with van der Waals surface area (Å²) in [5.74, 6) is 0.714. The SMILES string of the molecule is CC(C)N1C(=O)/C(=C\c2ccc(OCc3ccccc3Cl)cc2)SC1=Nc1ccccc1. The van der Waals surface area contributed by atoms with Gasteiger partial charge in [-0.25, -0.2) is 4.99 Å². The molecule has 3 aromatic carbocycles. The minimum atomic E-state index is -0.0290. The zero-order chi connectivity index (χ0) is 22.5. The molecule has 1 aliphatic heterocycles. The number of carbonyl (C=O) groups excluding carboxylic acids is 1. The second-order valence-electron chi connectivity index (χ2n) is 7.56. The molecule has 0 N–H and O–H groups in total. The third-order valence-corrected chi connectivity index (χ3v) is 6.22. The molecule has 1 fully saturated rings. The van der Waals surface area contributed by atoms with Crippen molar-refractivity contribution >= 4 is 46.2 Å². The highest BCUT2D eigenvalue weighted by Gasteiger charge is 2.35. The van der Waals surface area contributed by atoms with E-state index >= 15 is 0 Å². The number of benzene rings is 3. The van der Waals surface area contributed by atoms with Gasteiger partial charge in [-0.3, -0.25) is 9.69 Å². The van der Waals surface area contributed by atoms with Gasteiger partial charge in [-0.2, -0.15) is 0 Å². The maximum atomic E-state index is 13.0. The van der Waals surface area contributed by atoms with E-state index < -0.39 is 0 Å². The lowest BCUT2D eigenvalue weighted by Crippen LogP contribution is -2.35. The van der Waals surface area contributed by atoms with E-state index in [0.717, 1.165) is 22.6 Å². The summed E-state index contributed by atoms with van der Waals surface area (Å²) in [7, 11) is 0. The van der Waals surface area contributed by atoms with Crippen molar-refractivity contribution in [1.29, 1.82) is 0 Å². The van der Waals surface area contributed by atoms with Crippen LogP contribution in [0.3, 0.4) is 0 Å². The molecule has 0 aliphatic carbocycles. The lowest BCUT2D eigenvalue weighted by molar-refractivity contribution is -0.123. The van der Waals surface area contributed by atoms with Crippen LogP contribution in [0, 0.1) is 0 Å². The average molecular weight is 463 g/mol. The lowest BCUT2D eigenvalue weighted by Gasteiger charge is -2.19. The summed E-state index contributed by atoms with van der Waals surface area (Å²) < 4.78 is 5.85. The molecule has 1 aliphatic rings. The number of amides is 1. The van der Waals surface area contributed by atoms with Crippen LogP contribution < -0.4 is 4.74 Å². The van der Waals surface area contributed by atoms with Crippen molar-refractivity contribution in [2.75, 3.05) is 0 Å². The van der Waals surface area contributed by atoms with Crippen LogP contribution in [0.5, 0.6) is 5.75 Å². The van der Waals surface area contributed by atoms with E-state index in [-0.39, 0.29) is 11.9 Å². The molecule has 3 aromatic rings. The van der Waals surface area contributed by atoms with Crippen LogP contribution in [0.25, 0.3) is 6.08 Å². The first-order valence-electron chi connectivity index (χ1n) is 10.3. The van der Waals surface area contributed by atoms with Crippen LogP contribution in [-0.4, -0.2) is 22.0 Å². The highest BCUT2D eigenvalue weighted by Crippen LogP contribution is 2.35. The van der Waals surface area contributed by atoms with Gasteiger partial charge in [0.2, 0.25) is 0 Å². The molecule has 32 heavy (non-hydrogen) atoms. The molecule has 0 saturated carbocycles. The Kier molecular flexibility index (Phi) is 6.98. The largest absolute Gasteiger partial charge is 0.489 e. The maximum Gasteiger partial charge on any atom is 0.266 e. The fourth-order valence-corrected chi connectivity index (χ4v) is 4.53. The van der Waals surface area contributed by atoms with E-state index in [4.69, 9.17) is 21.3 Å². The molecule has 1 heterocycles. The number of thioether (sulfide) groups is 1. The number of para-hydroxylation sites is 1. The smallest absolute Gasteiger partial charge is 0.266 e. The second kappa shape index (κ2) is 10.1. The van der Waals surface area contributed by atoms with Crippen LogP contribution in [-0.2, 0) is 11.4 Å². The number of amidine groups is 1. The van der Waals surface area contributed by atoms with Crippen molar-refractivity contribution < 1.29 is 9.53 Å². The number of carbonyl (C=O) groups is 1. The third-order valence-electron chi connectivity index (χ3n) is 4.86. The molecule has 6 heteroatoms. The molecule has 1 amide bonds. The van der Waals surface area contributed by atoms with Gasteiger partial charge in [-0.15, -0.1) is 0 Å². The highest BCUT2D eigenvalue weighted by molar-refractivity contribution is 8.18. The lowest BCUT2D eigenvalue weighted by atomic mass is 10.2. The zero-order valence-electron chi connectivity index (χ0n) is 17.9. The second-order valence-corrected chi connectivity index (χ2v) is 8.97. The summed E-state index contributed by atoms with van der Waals surface area (Å²) in [6.45, 7) is 4.39. The van der Waals surface area contributed by atoms with E-state index in [1.165, 1.54) is 11.8 Å². The molecule has 4 nitrogen and oxygen atoms in total. The minimum absolute atomic E-state index is 0.0175. The molecule has 0 unspecified atom stereocenters. The molecular formula is C26H23ClN2O2S. The molecule has 0 bridgehead atoms. The maximum absolute atomic E-state index is 13.0. The molecule has 0 spiro atoms. The van der Waals surface area contributed by atoms with Crippen LogP contribution in [0.15, 0.2) is 88.8 Å². The van der Waals surface area contributed by atoms with Crippen molar-refractivity contribution in [3.8, 4) is 5.75 Å². The molecule has 0 atom stereocenters. The minimum Gasteiger partial charge on any atom is -0.489 e. The van der Waals surface area contributed by atoms with Crippen LogP contribution in [0.1, 0.15) is 25.0 Å². The molecular weight excluding hydrogens is 440 g/mol. The average Bonchev–Trinajstić information content (AvgIpc) is 3.09. The number of nitrogens with zero attached hydrogens (tertiary/aromatic N) is 2. The predicted molar refractivity (Wildman–Crippen MR) is 133 cm³/mol.